The first kappa shape index (κ1) is 21.1. The van der Waals surface area contributed by atoms with Crippen molar-refractivity contribution in [3.8, 4) is 17.2 Å². The molecule has 2 aromatic carbocycles. The minimum absolute atomic E-state index is 0.206. The molecule has 0 saturated carbocycles. The molecule has 0 bridgehead atoms. The Morgan fingerprint density at radius 1 is 1.17 bits per heavy atom. The molecule has 0 aromatic heterocycles. The Balaban J connectivity index is 1.89. The summed E-state index contributed by atoms with van der Waals surface area (Å²) in [6, 6.07) is 14.2. The highest BCUT2D eigenvalue weighted by atomic mass is 16.6. The second kappa shape index (κ2) is 9.23. The number of piperidine rings is 1. The summed E-state index contributed by atoms with van der Waals surface area (Å²) in [5.74, 6) is -0.719. The normalized spacial score (nSPS) is 17.3. The quantitative estimate of drug-likeness (QED) is 0.575. The fraction of sp³-hybridized carbons (Fsp3) is 0.304. The fourth-order valence-corrected chi connectivity index (χ4v) is 3.67. The number of hydrogen-bond acceptors (Lipinski definition) is 6. The minimum atomic E-state index is -0.660. The number of oxime groups is 1. The minimum Gasteiger partial charge on any atom is -0.467 e. The molecule has 0 N–H and O–H groups in total. The van der Waals surface area contributed by atoms with Gasteiger partial charge in [-0.25, -0.2) is 4.79 Å². The molecule has 1 fully saturated rings. The van der Waals surface area contributed by atoms with Gasteiger partial charge in [-0.2, -0.15) is 5.26 Å². The second-order valence-electron chi connectivity index (χ2n) is 7.02. The molecule has 2 aromatic rings. The van der Waals surface area contributed by atoms with E-state index in [0.717, 1.165) is 16.7 Å². The van der Waals surface area contributed by atoms with Gasteiger partial charge in [0.1, 0.15) is 13.2 Å². The Bertz CT molecular complexity index is 1020. The van der Waals surface area contributed by atoms with E-state index in [1.165, 1.54) is 19.1 Å². The number of nitriles is 1. The van der Waals surface area contributed by atoms with Crippen molar-refractivity contribution in [2.75, 3.05) is 20.8 Å². The first-order valence-electron chi connectivity index (χ1n) is 9.58. The number of carbonyl (C=O) groups excluding carboxylic acids is 2. The fourth-order valence-electron chi connectivity index (χ4n) is 3.67. The van der Waals surface area contributed by atoms with E-state index in [0.29, 0.717) is 29.7 Å². The van der Waals surface area contributed by atoms with Gasteiger partial charge in [-0.15, -0.1) is 0 Å². The highest BCUT2D eigenvalue weighted by molar-refractivity contribution is 6.01. The smallest absolute Gasteiger partial charge is 0.328 e. The summed E-state index contributed by atoms with van der Waals surface area (Å²) in [6.45, 7) is 2.11. The van der Waals surface area contributed by atoms with E-state index in [4.69, 9.17) is 9.57 Å². The average molecular weight is 405 g/mol. The first-order valence-corrected chi connectivity index (χ1v) is 9.58. The van der Waals surface area contributed by atoms with E-state index in [2.05, 4.69) is 11.2 Å². The lowest BCUT2D eigenvalue weighted by Gasteiger charge is -2.34. The van der Waals surface area contributed by atoms with Crippen LogP contribution < -0.4 is 0 Å². The maximum Gasteiger partial charge on any atom is 0.328 e. The van der Waals surface area contributed by atoms with Gasteiger partial charge in [0.2, 0.25) is 0 Å². The molecular formula is C23H23N3O4. The average Bonchev–Trinajstić information content (AvgIpc) is 2.78. The summed E-state index contributed by atoms with van der Waals surface area (Å²) in [5.41, 5.74) is 4.51. The van der Waals surface area contributed by atoms with Crippen LogP contribution in [0.5, 0.6) is 0 Å². The largest absolute Gasteiger partial charge is 0.467 e. The Morgan fingerprint density at radius 3 is 2.53 bits per heavy atom. The monoisotopic (exact) mass is 405 g/mol. The van der Waals surface area contributed by atoms with Crippen molar-refractivity contribution in [2.24, 2.45) is 5.16 Å². The van der Waals surface area contributed by atoms with Crippen molar-refractivity contribution in [3.63, 3.8) is 0 Å². The van der Waals surface area contributed by atoms with E-state index in [1.807, 2.05) is 31.2 Å². The van der Waals surface area contributed by atoms with Gasteiger partial charge in [-0.05, 0) is 54.7 Å². The van der Waals surface area contributed by atoms with Gasteiger partial charge in [-0.3, -0.25) is 4.79 Å². The molecule has 7 nitrogen and oxygen atoms in total. The van der Waals surface area contributed by atoms with Crippen LogP contribution in [0.15, 0.2) is 47.6 Å². The van der Waals surface area contributed by atoms with Crippen LogP contribution in [0.25, 0.3) is 11.1 Å². The van der Waals surface area contributed by atoms with Crippen LogP contribution >= 0.6 is 0 Å². The van der Waals surface area contributed by atoms with Gasteiger partial charge in [0.25, 0.3) is 5.91 Å². The van der Waals surface area contributed by atoms with Crippen LogP contribution in [0.1, 0.15) is 34.3 Å². The van der Waals surface area contributed by atoms with Crippen LogP contribution in [0.3, 0.4) is 0 Å². The first-order chi connectivity index (χ1) is 14.5. The molecule has 0 radical (unpaired) electrons. The van der Waals surface area contributed by atoms with Crippen molar-refractivity contribution >= 4 is 17.6 Å². The van der Waals surface area contributed by atoms with Crippen molar-refractivity contribution in [3.05, 3.63) is 59.2 Å². The molecule has 0 spiro atoms. The number of nitrogens with zero attached hydrogens (tertiary/aromatic N) is 3. The van der Waals surface area contributed by atoms with E-state index >= 15 is 0 Å². The lowest BCUT2D eigenvalue weighted by Crippen LogP contribution is -2.51. The lowest BCUT2D eigenvalue weighted by atomic mass is 9.95. The highest BCUT2D eigenvalue weighted by Gasteiger charge is 2.36. The van der Waals surface area contributed by atoms with Crippen LogP contribution in [-0.2, 0) is 14.4 Å². The zero-order valence-electron chi connectivity index (χ0n) is 17.2. The SMILES string of the molecule is CO/N=C1/CC[C@@H](C(=O)OC)N(C(=O)c2ccc(-c3cccc(C#N)c3C)cc2)C1. The maximum atomic E-state index is 13.2. The molecular weight excluding hydrogens is 382 g/mol. The number of carbonyl (C=O) groups is 2. The van der Waals surface area contributed by atoms with Crippen LogP contribution in [0.2, 0.25) is 0 Å². The third-order valence-electron chi connectivity index (χ3n) is 5.29. The predicted molar refractivity (Wildman–Crippen MR) is 112 cm³/mol. The number of rotatable bonds is 4. The van der Waals surface area contributed by atoms with Gasteiger partial charge in [0.05, 0.1) is 31.0 Å². The molecule has 1 saturated heterocycles. The number of benzene rings is 2. The van der Waals surface area contributed by atoms with Gasteiger partial charge in [-0.1, -0.05) is 29.4 Å². The van der Waals surface area contributed by atoms with Crippen LogP contribution in [-0.4, -0.2) is 49.3 Å². The number of hydrogen-bond donors (Lipinski definition) is 0. The van der Waals surface area contributed by atoms with Gasteiger partial charge < -0.3 is 14.5 Å². The summed E-state index contributed by atoms with van der Waals surface area (Å²) in [5, 5.41) is 13.2. The molecule has 0 unspecified atom stereocenters. The number of likely N-dealkylation sites (tertiary alicyclic amines) is 1. The molecule has 0 aliphatic carbocycles. The molecule has 30 heavy (non-hydrogen) atoms. The topological polar surface area (TPSA) is 92.0 Å². The van der Waals surface area contributed by atoms with Crippen molar-refractivity contribution in [2.45, 2.75) is 25.8 Å². The predicted octanol–water partition coefficient (Wildman–Crippen LogP) is 3.31. The second-order valence-corrected chi connectivity index (χ2v) is 7.02. The van der Waals surface area contributed by atoms with Gasteiger partial charge in [0.15, 0.2) is 0 Å². The third-order valence-corrected chi connectivity index (χ3v) is 5.29. The van der Waals surface area contributed by atoms with Crippen molar-refractivity contribution in [1.82, 2.24) is 4.90 Å². The summed E-state index contributed by atoms with van der Waals surface area (Å²) in [7, 11) is 2.77. The molecule has 1 aliphatic rings. The van der Waals surface area contributed by atoms with E-state index in [1.54, 1.807) is 18.2 Å². The van der Waals surface area contributed by atoms with E-state index in [9.17, 15) is 14.9 Å². The zero-order chi connectivity index (χ0) is 21.7. The van der Waals surface area contributed by atoms with Crippen molar-refractivity contribution < 1.29 is 19.2 Å². The molecule has 1 heterocycles. The number of ether oxygens (including phenoxy) is 1. The Morgan fingerprint density at radius 2 is 1.90 bits per heavy atom. The van der Waals surface area contributed by atoms with Crippen LogP contribution in [0.4, 0.5) is 0 Å². The van der Waals surface area contributed by atoms with Gasteiger partial charge >= 0.3 is 5.97 Å². The molecule has 1 atom stereocenters. The summed E-state index contributed by atoms with van der Waals surface area (Å²) in [6.07, 6.45) is 0.990. The Kier molecular flexibility index (Phi) is 6.48. The Hall–Kier alpha value is -3.66. The number of esters is 1. The van der Waals surface area contributed by atoms with Gasteiger partial charge in [0, 0.05) is 5.56 Å². The molecule has 7 heteroatoms. The Labute approximate surface area is 175 Å². The highest BCUT2D eigenvalue weighted by Crippen LogP contribution is 2.27. The molecule has 1 amide bonds. The molecule has 1 aliphatic heterocycles. The van der Waals surface area contributed by atoms with E-state index < -0.39 is 12.0 Å². The van der Waals surface area contributed by atoms with Crippen LogP contribution in [0, 0.1) is 18.3 Å². The molecule has 3 rings (SSSR count). The van der Waals surface area contributed by atoms with Crippen molar-refractivity contribution in [1.29, 1.82) is 5.26 Å². The standard InChI is InChI=1S/C23H23N3O4/c1-15-18(13-24)5-4-6-20(15)16-7-9-17(10-8-16)22(27)26-14-19(25-30-3)11-12-21(26)23(28)29-2/h4-10,21H,11-12,14H2,1-3H3/b25-19-/t21-/m0/s1. The number of amides is 1. The zero-order valence-corrected chi connectivity index (χ0v) is 17.2. The number of methoxy groups -OCH3 is 1. The summed E-state index contributed by atoms with van der Waals surface area (Å²) < 4.78 is 4.88. The lowest BCUT2D eigenvalue weighted by molar-refractivity contribution is -0.146. The molecule has 154 valence electrons. The van der Waals surface area contributed by atoms with E-state index in [-0.39, 0.29) is 12.5 Å². The third kappa shape index (κ3) is 4.18. The summed E-state index contributed by atoms with van der Waals surface area (Å²) >= 11 is 0. The summed E-state index contributed by atoms with van der Waals surface area (Å²) in [4.78, 5) is 31.7. The maximum absolute atomic E-state index is 13.2.